The Bertz CT molecular complexity index is 697. The minimum Gasteiger partial charge on any atom is -0.366 e. The van der Waals surface area contributed by atoms with Crippen LogP contribution in [0, 0.1) is 0 Å². The third-order valence-electron chi connectivity index (χ3n) is 3.86. The van der Waals surface area contributed by atoms with Gasteiger partial charge in [-0.15, -0.1) is 0 Å². The van der Waals surface area contributed by atoms with Gasteiger partial charge in [-0.25, -0.2) is 8.42 Å². The van der Waals surface area contributed by atoms with E-state index in [4.69, 9.17) is 0 Å². The molecule has 3 heterocycles. The molecule has 0 aromatic carbocycles. The molecule has 1 aromatic rings. The van der Waals surface area contributed by atoms with Gasteiger partial charge in [-0.1, -0.05) is 0 Å². The van der Waals surface area contributed by atoms with E-state index in [1.54, 1.807) is 4.90 Å². The number of piperazine rings is 1. The van der Waals surface area contributed by atoms with E-state index in [0.29, 0.717) is 19.4 Å². The molecule has 0 bridgehead atoms. The summed E-state index contributed by atoms with van der Waals surface area (Å²) in [5, 5.41) is 0. The quantitative estimate of drug-likeness (QED) is 0.787. The van der Waals surface area contributed by atoms with Gasteiger partial charge in [0.15, 0.2) is 0 Å². The van der Waals surface area contributed by atoms with E-state index in [0.717, 1.165) is 0 Å². The SMILES string of the molecule is O=C1CCC2CN(S(=O)(=O)c3c[nH]ccc3=O)CCN12. The fourth-order valence-corrected chi connectivity index (χ4v) is 4.30. The number of amides is 1. The lowest BCUT2D eigenvalue weighted by Gasteiger charge is -2.36. The Balaban J connectivity index is 1.89. The van der Waals surface area contributed by atoms with Crippen LogP contribution in [0.1, 0.15) is 12.8 Å². The van der Waals surface area contributed by atoms with Gasteiger partial charge in [0, 0.05) is 50.6 Å². The van der Waals surface area contributed by atoms with Crippen LogP contribution in [0.15, 0.2) is 28.2 Å². The van der Waals surface area contributed by atoms with Crippen molar-refractivity contribution in [2.75, 3.05) is 19.6 Å². The average Bonchev–Trinajstić information content (AvgIpc) is 2.80. The smallest absolute Gasteiger partial charge is 0.248 e. The number of pyridine rings is 1. The van der Waals surface area contributed by atoms with Crippen molar-refractivity contribution in [2.24, 2.45) is 0 Å². The van der Waals surface area contributed by atoms with Gasteiger partial charge in [0.2, 0.25) is 21.4 Å². The molecule has 3 rings (SSSR count). The number of hydrogen-bond donors (Lipinski definition) is 1. The Kier molecular flexibility index (Phi) is 3.14. The highest BCUT2D eigenvalue weighted by Crippen LogP contribution is 2.25. The zero-order valence-corrected chi connectivity index (χ0v) is 11.6. The van der Waals surface area contributed by atoms with Crippen LogP contribution in [0.3, 0.4) is 0 Å². The molecule has 1 aromatic heterocycles. The van der Waals surface area contributed by atoms with Gasteiger partial charge in [0.05, 0.1) is 0 Å². The van der Waals surface area contributed by atoms with Crippen molar-refractivity contribution >= 4 is 15.9 Å². The topological polar surface area (TPSA) is 90.5 Å². The number of sulfonamides is 1. The molecule has 2 fully saturated rings. The Hall–Kier alpha value is -1.67. The first-order valence-electron chi connectivity index (χ1n) is 6.47. The summed E-state index contributed by atoms with van der Waals surface area (Å²) in [6.45, 7) is 0.898. The molecule has 108 valence electrons. The summed E-state index contributed by atoms with van der Waals surface area (Å²) in [6.07, 6.45) is 3.76. The molecule has 2 aliphatic rings. The second-order valence-electron chi connectivity index (χ2n) is 5.02. The minimum absolute atomic E-state index is 0.0613. The van der Waals surface area contributed by atoms with Crippen molar-refractivity contribution in [2.45, 2.75) is 23.8 Å². The number of carbonyl (C=O) groups excluding carboxylic acids is 1. The molecule has 20 heavy (non-hydrogen) atoms. The molecule has 1 amide bonds. The molecular formula is C12H15N3O4S. The second-order valence-corrected chi connectivity index (χ2v) is 6.92. The van der Waals surface area contributed by atoms with Gasteiger partial charge >= 0.3 is 0 Å². The van der Waals surface area contributed by atoms with E-state index >= 15 is 0 Å². The molecule has 0 spiro atoms. The first-order chi connectivity index (χ1) is 9.50. The summed E-state index contributed by atoms with van der Waals surface area (Å²) in [6, 6.07) is 1.14. The molecule has 2 saturated heterocycles. The van der Waals surface area contributed by atoms with Crippen LogP contribution in [0.2, 0.25) is 0 Å². The first-order valence-corrected chi connectivity index (χ1v) is 7.91. The average molecular weight is 297 g/mol. The van der Waals surface area contributed by atoms with Crippen LogP contribution in [0.5, 0.6) is 0 Å². The molecule has 8 heteroatoms. The third kappa shape index (κ3) is 2.04. The molecule has 1 N–H and O–H groups in total. The fraction of sp³-hybridized carbons (Fsp3) is 0.500. The van der Waals surface area contributed by atoms with Gasteiger partial charge in [-0.3, -0.25) is 9.59 Å². The lowest BCUT2D eigenvalue weighted by molar-refractivity contribution is -0.130. The minimum atomic E-state index is -3.80. The summed E-state index contributed by atoms with van der Waals surface area (Å²) < 4.78 is 26.3. The molecule has 0 radical (unpaired) electrons. The summed E-state index contributed by atoms with van der Waals surface area (Å²) in [7, 11) is -3.80. The maximum absolute atomic E-state index is 12.5. The van der Waals surface area contributed by atoms with Crippen molar-refractivity contribution in [1.29, 1.82) is 0 Å². The Morgan fingerprint density at radius 2 is 2.05 bits per heavy atom. The van der Waals surface area contributed by atoms with E-state index in [-0.39, 0.29) is 29.9 Å². The fourth-order valence-electron chi connectivity index (χ4n) is 2.80. The number of carbonyl (C=O) groups is 1. The van der Waals surface area contributed by atoms with Gasteiger partial charge in [0.1, 0.15) is 4.90 Å². The second kappa shape index (κ2) is 4.71. The molecule has 0 aliphatic carbocycles. The molecule has 2 aliphatic heterocycles. The summed E-state index contributed by atoms with van der Waals surface area (Å²) in [4.78, 5) is 27.4. The van der Waals surface area contributed by atoms with Crippen molar-refractivity contribution in [3.8, 4) is 0 Å². The largest absolute Gasteiger partial charge is 0.366 e. The predicted octanol–water partition coefficient (Wildman–Crippen LogP) is -0.630. The normalized spacial score (nSPS) is 23.9. The monoisotopic (exact) mass is 297 g/mol. The number of rotatable bonds is 2. The van der Waals surface area contributed by atoms with Gasteiger partial charge in [-0.2, -0.15) is 4.31 Å². The van der Waals surface area contributed by atoms with Crippen LogP contribution < -0.4 is 5.43 Å². The number of aromatic nitrogens is 1. The summed E-state index contributed by atoms with van der Waals surface area (Å²) in [5.74, 6) is 0.0876. The standard InChI is InChI=1S/C12H15N3O4S/c16-10-3-4-13-7-11(10)20(18,19)14-5-6-15-9(8-14)1-2-12(15)17/h3-4,7,9H,1-2,5-6,8H2,(H,13,16). The zero-order valence-electron chi connectivity index (χ0n) is 10.8. The Morgan fingerprint density at radius 1 is 1.25 bits per heavy atom. The number of hydrogen-bond acceptors (Lipinski definition) is 4. The highest BCUT2D eigenvalue weighted by atomic mass is 32.2. The van der Waals surface area contributed by atoms with E-state index in [1.807, 2.05) is 0 Å². The molecule has 0 saturated carbocycles. The maximum Gasteiger partial charge on any atom is 0.248 e. The highest BCUT2D eigenvalue weighted by molar-refractivity contribution is 7.89. The van der Waals surface area contributed by atoms with Crippen LogP contribution in [0.4, 0.5) is 0 Å². The Morgan fingerprint density at radius 3 is 2.80 bits per heavy atom. The van der Waals surface area contributed by atoms with Gasteiger partial charge in [0.25, 0.3) is 0 Å². The number of aromatic amines is 1. The van der Waals surface area contributed by atoms with Crippen molar-refractivity contribution in [3.05, 3.63) is 28.7 Å². The zero-order chi connectivity index (χ0) is 14.3. The Labute approximate surface area is 116 Å². The van der Waals surface area contributed by atoms with Crippen LogP contribution in [0.25, 0.3) is 0 Å². The van der Waals surface area contributed by atoms with Crippen LogP contribution in [-0.2, 0) is 14.8 Å². The molecule has 1 atom stereocenters. The van der Waals surface area contributed by atoms with Crippen LogP contribution in [-0.4, -0.2) is 54.2 Å². The lowest BCUT2D eigenvalue weighted by Crippen LogP contribution is -2.53. The lowest BCUT2D eigenvalue weighted by atomic mass is 10.2. The molecule has 1 unspecified atom stereocenters. The third-order valence-corrected chi connectivity index (χ3v) is 5.75. The van der Waals surface area contributed by atoms with Crippen molar-refractivity contribution in [1.82, 2.24) is 14.2 Å². The molecular weight excluding hydrogens is 282 g/mol. The van der Waals surface area contributed by atoms with E-state index in [1.165, 1.54) is 22.8 Å². The number of fused-ring (bicyclic) bond motifs is 1. The van der Waals surface area contributed by atoms with Crippen LogP contribution >= 0.6 is 0 Å². The first kappa shape index (κ1) is 13.3. The van der Waals surface area contributed by atoms with Gasteiger partial charge in [-0.05, 0) is 6.42 Å². The summed E-state index contributed by atoms with van der Waals surface area (Å²) in [5.41, 5.74) is -0.520. The number of H-pyrrole nitrogens is 1. The van der Waals surface area contributed by atoms with Crippen molar-refractivity contribution < 1.29 is 13.2 Å². The molecule has 7 nitrogen and oxygen atoms in total. The van der Waals surface area contributed by atoms with Gasteiger partial charge < -0.3 is 9.88 Å². The maximum atomic E-state index is 12.5. The number of nitrogens with zero attached hydrogens (tertiary/aromatic N) is 2. The van der Waals surface area contributed by atoms with E-state index in [9.17, 15) is 18.0 Å². The van der Waals surface area contributed by atoms with E-state index < -0.39 is 15.5 Å². The van der Waals surface area contributed by atoms with E-state index in [2.05, 4.69) is 4.98 Å². The predicted molar refractivity (Wildman–Crippen MR) is 70.6 cm³/mol. The summed E-state index contributed by atoms with van der Waals surface area (Å²) >= 11 is 0. The highest BCUT2D eigenvalue weighted by Gasteiger charge is 2.40. The van der Waals surface area contributed by atoms with Crippen molar-refractivity contribution in [3.63, 3.8) is 0 Å². The number of nitrogens with one attached hydrogen (secondary N) is 1.